The van der Waals surface area contributed by atoms with Gasteiger partial charge in [-0.1, -0.05) is 98.8 Å². The Morgan fingerprint density at radius 2 is 1.64 bits per heavy atom. The lowest BCUT2D eigenvalue weighted by Gasteiger charge is -2.22. The van der Waals surface area contributed by atoms with Gasteiger partial charge >= 0.3 is 0 Å². The molecule has 0 aliphatic carbocycles. The Labute approximate surface area is 282 Å². The minimum Gasteiger partial charge on any atom is -0.493 e. The number of hydrogen-bond donors (Lipinski definition) is 1. The van der Waals surface area contributed by atoms with Gasteiger partial charge in [-0.15, -0.1) is 6.58 Å². The van der Waals surface area contributed by atoms with E-state index >= 15 is 0 Å². The van der Waals surface area contributed by atoms with Gasteiger partial charge in [0, 0.05) is 53.6 Å². The zero-order valence-corrected chi connectivity index (χ0v) is 29.0. The first-order valence-electron chi connectivity index (χ1n) is 16.9. The second-order valence-electron chi connectivity index (χ2n) is 12.2. The van der Waals surface area contributed by atoms with Crippen LogP contribution in [0.2, 0.25) is 0 Å². The van der Waals surface area contributed by atoms with Gasteiger partial charge in [-0.3, -0.25) is 9.88 Å². The molecule has 5 rings (SSSR count). The number of benzene rings is 3. The molecule has 244 valence electrons. The molecule has 3 aromatic carbocycles. The number of nitrogens with one attached hydrogen (secondary N) is 1. The van der Waals surface area contributed by atoms with Gasteiger partial charge in [0.25, 0.3) is 0 Å². The first-order valence-corrected chi connectivity index (χ1v) is 16.9. The summed E-state index contributed by atoms with van der Waals surface area (Å²) in [5.74, 6) is 0.920. The van der Waals surface area contributed by atoms with Crippen molar-refractivity contribution in [2.24, 2.45) is 0 Å². The summed E-state index contributed by atoms with van der Waals surface area (Å²) in [4.78, 5) is 10.3. The van der Waals surface area contributed by atoms with Crippen molar-refractivity contribution in [3.05, 3.63) is 132 Å². The van der Waals surface area contributed by atoms with Gasteiger partial charge in [-0.2, -0.15) is 0 Å². The second-order valence-corrected chi connectivity index (χ2v) is 12.2. The van der Waals surface area contributed by atoms with Crippen LogP contribution in [0.1, 0.15) is 69.7 Å². The Morgan fingerprint density at radius 1 is 0.915 bits per heavy atom. The van der Waals surface area contributed by atoms with Gasteiger partial charge in [0.15, 0.2) is 0 Å². The lowest BCUT2D eigenvalue weighted by atomic mass is 9.94. The molecule has 0 bridgehead atoms. The summed E-state index contributed by atoms with van der Waals surface area (Å²) in [5.41, 5.74) is 11.7. The van der Waals surface area contributed by atoms with Gasteiger partial charge in [-0.05, 0) is 92.2 Å². The summed E-state index contributed by atoms with van der Waals surface area (Å²) in [6.07, 6.45) is 15.1. The minimum atomic E-state index is 0.596. The molecule has 0 radical (unpaired) electrons. The minimum absolute atomic E-state index is 0.596. The molecule has 1 N–H and O–H groups in total. The topological polar surface area (TPSA) is 41.1 Å². The summed E-state index contributed by atoms with van der Waals surface area (Å²) < 4.78 is 6.58. The molecule has 0 unspecified atom stereocenters. The lowest BCUT2D eigenvalue weighted by molar-refractivity contribution is 0.265. The summed E-state index contributed by atoms with van der Waals surface area (Å²) in [7, 11) is 0. The number of H-pyrrole nitrogens is 1. The lowest BCUT2D eigenvalue weighted by Crippen LogP contribution is -2.24. The molecular formula is C43H51N3O. The number of pyridine rings is 1. The highest BCUT2D eigenvalue weighted by atomic mass is 16.5. The number of allylic oxidation sites excluding steroid dienone is 2. The summed E-state index contributed by atoms with van der Waals surface area (Å²) >= 11 is 0. The SMILES string of the molecule is C=C(C)C.C=Cc1c(/C=C\C)cccc1-c1ccc(CCOc2cc(CN(CCC)CCC)ccc2-c2c[nH]c3ccncc23)cc1. The Bertz CT molecular complexity index is 1770. The maximum absolute atomic E-state index is 6.58. The molecule has 0 spiro atoms. The van der Waals surface area contributed by atoms with E-state index < -0.39 is 0 Å². The van der Waals surface area contributed by atoms with Crippen molar-refractivity contribution in [3.8, 4) is 28.0 Å². The van der Waals surface area contributed by atoms with Crippen LogP contribution in [0.5, 0.6) is 5.75 Å². The zero-order chi connectivity index (χ0) is 33.6. The van der Waals surface area contributed by atoms with E-state index in [4.69, 9.17) is 4.74 Å². The fourth-order valence-electron chi connectivity index (χ4n) is 5.87. The van der Waals surface area contributed by atoms with Gasteiger partial charge in [0.1, 0.15) is 5.75 Å². The number of aromatic nitrogens is 2. The first-order chi connectivity index (χ1) is 22.9. The molecular weight excluding hydrogens is 574 g/mol. The third kappa shape index (κ3) is 9.67. The van der Waals surface area contributed by atoms with Crippen LogP contribution in [0.25, 0.3) is 45.3 Å². The molecule has 0 saturated heterocycles. The predicted octanol–water partition coefficient (Wildman–Crippen LogP) is 11.4. The maximum atomic E-state index is 6.58. The third-order valence-electron chi connectivity index (χ3n) is 7.91. The van der Waals surface area contributed by atoms with Crippen molar-refractivity contribution in [1.29, 1.82) is 0 Å². The molecule has 0 saturated carbocycles. The van der Waals surface area contributed by atoms with E-state index in [2.05, 4.69) is 121 Å². The highest BCUT2D eigenvalue weighted by Crippen LogP contribution is 2.36. The van der Waals surface area contributed by atoms with Crippen LogP contribution in [0, 0.1) is 0 Å². The second kappa shape index (κ2) is 17.9. The van der Waals surface area contributed by atoms with Crippen LogP contribution in [-0.2, 0) is 13.0 Å². The standard InChI is InChI=1S/C39H43N3O.C4H8/c1-5-10-31-11-9-12-34(33(31)8-4)32-16-13-29(14-17-32)20-24-43-39-25-30(28-42(22-6-2)23-7-3)15-18-35(39)36-27-41-38-19-21-40-26-37(36)38;1-4(2)3/h5,8-19,21,25-27,41H,4,6-7,20,22-24,28H2,1-3H3;1H2,2-3H3/b10-5-;. The Hall–Kier alpha value is -4.67. The van der Waals surface area contributed by atoms with Crippen molar-refractivity contribution in [2.75, 3.05) is 19.7 Å². The van der Waals surface area contributed by atoms with Crippen LogP contribution >= 0.6 is 0 Å². The highest BCUT2D eigenvalue weighted by Gasteiger charge is 2.14. The molecule has 0 fully saturated rings. The van der Waals surface area contributed by atoms with Crippen LogP contribution in [-0.4, -0.2) is 34.6 Å². The van der Waals surface area contributed by atoms with E-state index in [0.29, 0.717) is 6.61 Å². The monoisotopic (exact) mass is 625 g/mol. The van der Waals surface area contributed by atoms with E-state index in [9.17, 15) is 0 Å². The molecule has 47 heavy (non-hydrogen) atoms. The van der Waals surface area contributed by atoms with E-state index in [-0.39, 0.29) is 0 Å². The fourth-order valence-corrected chi connectivity index (χ4v) is 5.87. The van der Waals surface area contributed by atoms with Crippen molar-refractivity contribution < 1.29 is 4.74 Å². The van der Waals surface area contributed by atoms with E-state index in [1.54, 1.807) is 0 Å². The molecule has 0 aliphatic rings. The van der Waals surface area contributed by atoms with Crippen molar-refractivity contribution in [1.82, 2.24) is 14.9 Å². The zero-order valence-electron chi connectivity index (χ0n) is 29.0. The van der Waals surface area contributed by atoms with Crippen LogP contribution in [0.15, 0.2) is 110 Å². The van der Waals surface area contributed by atoms with Gasteiger partial charge < -0.3 is 9.72 Å². The molecule has 2 heterocycles. The van der Waals surface area contributed by atoms with E-state index in [0.717, 1.165) is 72.2 Å². The van der Waals surface area contributed by atoms with Gasteiger partial charge in [-0.25, -0.2) is 0 Å². The van der Waals surface area contributed by atoms with Crippen LogP contribution in [0.3, 0.4) is 0 Å². The van der Waals surface area contributed by atoms with Crippen LogP contribution < -0.4 is 4.74 Å². The molecule has 0 atom stereocenters. The van der Waals surface area contributed by atoms with Gasteiger partial charge in [0.2, 0.25) is 0 Å². The Kier molecular flexibility index (Phi) is 13.4. The average molecular weight is 626 g/mol. The number of ether oxygens (including phenoxy) is 1. The van der Waals surface area contributed by atoms with Crippen molar-refractivity contribution in [3.63, 3.8) is 0 Å². The molecule has 4 nitrogen and oxygen atoms in total. The number of nitrogens with zero attached hydrogens (tertiary/aromatic N) is 2. The molecule has 2 aromatic heterocycles. The van der Waals surface area contributed by atoms with Crippen molar-refractivity contribution in [2.45, 2.75) is 60.4 Å². The van der Waals surface area contributed by atoms with Gasteiger partial charge in [0.05, 0.1) is 6.61 Å². The largest absolute Gasteiger partial charge is 0.493 e. The summed E-state index contributed by atoms with van der Waals surface area (Å²) in [5, 5.41) is 1.10. The first kappa shape index (κ1) is 35.2. The Morgan fingerprint density at radius 3 is 2.32 bits per heavy atom. The Balaban J connectivity index is 0.00000118. The number of rotatable bonds is 14. The molecule has 4 heteroatoms. The number of aromatic amines is 1. The van der Waals surface area contributed by atoms with Crippen molar-refractivity contribution >= 4 is 23.1 Å². The molecule has 5 aromatic rings. The molecule has 0 aliphatic heterocycles. The van der Waals surface area contributed by atoms with Crippen LogP contribution in [0.4, 0.5) is 0 Å². The number of fused-ring (bicyclic) bond motifs is 1. The smallest absolute Gasteiger partial charge is 0.127 e. The summed E-state index contributed by atoms with van der Waals surface area (Å²) in [6, 6.07) is 24.0. The predicted molar refractivity (Wildman–Crippen MR) is 204 cm³/mol. The normalized spacial score (nSPS) is 11.1. The number of hydrogen-bond acceptors (Lipinski definition) is 3. The average Bonchev–Trinajstić information content (AvgIpc) is 3.49. The fraction of sp³-hybridized carbons (Fsp3) is 0.279. The van der Waals surface area contributed by atoms with E-state index in [1.807, 2.05) is 45.3 Å². The maximum Gasteiger partial charge on any atom is 0.127 e. The van der Waals surface area contributed by atoms with E-state index in [1.165, 1.54) is 33.4 Å². The highest BCUT2D eigenvalue weighted by molar-refractivity contribution is 5.96. The summed E-state index contributed by atoms with van der Waals surface area (Å²) in [6.45, 7) is 21.8. The third-order valence-corrected chi connectivity index (χ3v) is 7.91. The quantitative estimate of drug-likeness (QED) is 0.125. The molecule has 0 amide bonds.